The molecular formula is C19H21N3O4. The highest BCUT2D eigenvalue weighted by Gasteiger charge is 2.23. The number of ether oxygens (including phenoxy) is 1. The monoisotopic (exact) mass is 355 g/mol. The van der Waals surface area contributed by atoms with E-state index in [0.717, 1.165) is 31.1 Å². The summed E-state index contributed by atoms with van der Waals surface area (Å²) < 4.78 is 17.0. The van der Waals surface area contributed by atoms with Gasteiger partial charge in [-0.3, -0.25) is 10.1 Å². The molecule has 2 heterocycles. The van der Waals surface area contributed by atoms with Crippen LogP contribution in [0.25, 0.3) is 22.6 Å². The van der Waals surface area contributed by atoms with E-state index in [0.29, 0.717) is 23.7 Å². The Morgan fingerprint density at radius 2 is 2.08 bits per heavy atom. The number of nitrogens with one attached hydrogen (secondary N) is 1. The Bertz CT molecular complexity index is 909. The van der Waals surface area contributed by atoms with Crippen LogP contribution in [0, 0.1) is 5.92 Å². The molecule has 0 bridgehead atoms. The van der Waals surface area contributed by atoms with Crippen LogP contribution in [0.5, 0.6) is 5.75 Å². The summed E-state index contributed by atoms with van der Waals surface area (Å²) in [6.07, 6.45) is 5.21. The van der Waals surface area contributed by atoms with Gasteiger partial charge in [-0.15, -0.1) is 5.10 Å². The van der Waals surface area contributed by atoms with Gasteiger partial charge in [-0.05, 0) is 31.9 Å². The number of nitrogens with zero attached hydrogens (tertiary/aromatic N) is 2. The Hall–Kier alpha value is -2.83. The molecule has 0 aliphatic heterocycles. The summed E-state index contributed by atoms with van der Waals surface area (Å²) in [6, 6.07) is 7.59. The minimum absolute atomic E-state index is 0.0269. The van der Waals surface area contributed by atoms with Crippen molar-refractivity contribution in [1.29, 1.82) is 0 Å². The molecular weight excluding hydrogens is 334 g/mol. The van der Waals surface area contributed by atoms with E-state index in [1.54, 1.807) is 0 Å². The number of amides is 1. The molecule has 0 unspecified atom stereocenters. The van der Waals surface area contributed by atoms with Crippen LogP contribution in [0.1, 0.15) is 39.0 Å². The number of benzene rings is 1. The molecule has 0 atom stereocenters. The van der Waals surface area contributed by atoms with Crippen LogP contribution in [-0.4, -0.2) is 22.7 Å². The molecule has 7 nitrogen and oxygen atoms in total. The predicted molar refractivity (Wildman–Crippen MR) is 95.9 cm³/mol. The Morgan fingerprint density at radius 3 is 2.88 bits per heavy atom. The predicted octanol–water partition coefficient (Wildman–Crippen LogP) is 4.40. The Morgan fingerprint density at radius 1 is 1.23 bits per heavy atom. The van der Waals surface area contributed by atoms with Gasteiger partial charge >= 0.3 is 6.01 Å². The zero-order valence-corrected chi connectivity index (χ0v) is 14.7. The molecule has 7 heteroatoms. The zero-order chi connectivity index (χ0) is 17.9. The van der Waals surface area contributed by atoms with Crippen molar-refractivity contribution in [3.8, 4) is 17.4 Å². The summed E-state index contributed by atoms with van der Waals surface area (Å²) in [7, 11) is 0. The highest BCUT2D eigenvalue weighted by atomic mass is 16.5. The van der Waals surface area contributed by atoms with E-state index in [-0.39, 0.29) is 23.7 Å². The lowest BCUT2D eigenvalue weighted by Gasteiger charge is -2.19. The number of hydrogen-bond donors (Lipinski definition) is 1. The number of anilines is 1. The van der Waals surface area contributed by atoms with Crippen molar-refractivity contribution in [2.45, 2.75) is 39.0 Å². The standard InChI is InChI=1S/C19H21N3O4/c1-2-24-14-10-6-9-13-11-15(25-16(13)14)18-21-22-19(26-18)20-17(23)12-7-4-3-5-8-12/h6,9-12H,2-5,7-8H2,1H3,(H,20,22,23). The molecule has 1 fully saturated rings. The van der Waals surface area contributed by atoms with Crippen LogP contribution in [0.2, 0.25) is 0 Å². The third kappa shape index (κ3) is 3.29. The van der Waals surface area contributed by atoms with Gasteiger partial charge in [-0.2, -0.15) is 0 Å². The van der Waals surface area contributed by atoms with E-state index in [4.69, 9.17) is 13.6 Å². The van der Waals surface area contributed by atoms with E-state index in [1.807, 2.05) is 31.2 Å². The third-order valence-corrected chi connectivity index (χ3v) is 4.65. The molecule has 4 rings (SSSR count). The summed E-state index contributed by atoms with van der Waals surface area (Å²) in [4.78, 5) is 12.3. The summed E-state index contributed by atoms with van der Waals surface area (Å²) >= 11 is 0. The van der Waals surface area contributed by atoms with Gasteiger partial charge in [0.05, 0.1) is 6.61 Å². The fraction of sp³-hybridized carbons (Fsp3) is 0.421. The normalized spacial score (nSPS) is 15.3. The van der Waals surface area contributed by atoms with Crippen molar-refractivity contribution in [3.63, 3.8) is 0 Å². The first-order valence-electron chi connectivity index (χ1n) is 9.04. The molecule has 0 spiro atoms. The van der Waals surface area contributed by atoms with Gasteiger partial charge in [0.25, 0.3) is 5.89 Å². The van der Waals surface area contributed by atoms with Crippen molar-refractivity contribution >= 4 is 22.9 Å². The van der Waals surface area contributed by atoms with Crippen LogP contribution in [-0.2, 0) is 4.79 Å². The number of aromatic nitrogens is 2. The number of carbonyl (C=O) groups excluding carboxylic acids is 1. The minimum atomic E-state index is -0.0526. The summed E-state index contributed by atoms with van der Waals surface area (Å²) in [5, 5.41) is 11.5. The fourth-order valence-electron chi connectivity index (χ4n) is 3.36. The number of furan rings is 1. The second kappa shape index (κ2) is 7.19. The van der Waals surface area contributed by atoms with E-state index < -0.39 is 0 Å². The maximum atomic E-state index is 12.3. The van der Waals surface area contributed by atoms with E-state index in [9.17, 15) is 4.79 Å². The van der Waals surface area contributed by atoms with Crippen LogP contribution in [0.3, 0.4) is 0 Å². The molecule has 1 aliphatic rings. The van der Waals surface area contributed by atoms with Crippen molar-refractivity contribution in [1.82, 2.24) is 10.2 Å². The number of rotatable bonds is 5. The van der Waals surface area contributed by atoms with Gasteiger partial charge < -0.3 is 13.6 Å². The minimum Gasteiger partial charge on any atom is -0.490 e. The number of hydrogen-bond acceptors (Lipinski definition) is 6. The molecule has 1 aromatic carbocycles. The average Bonchev–Trinajstić information content (AvgIpc) is 3.30. The molecule has 3 aromatic rings. The van der Waals surface area contributed by atoms with E-state index in [2.05, 4.69) is 15.5 Å². The maximum absolute atomic E-state index is 12.3. The van der Waals surface area contributed by atoms with Gasteiger partial charge in [-0.1, -0.05) is 36.5 Å². The van der Waals surface area contributed by atoms with Gasteiger partial charge in [-0.25, -0.2) is 0 Å². The van der Waals surface area contributed by atoms with Gasteiger partial charge in [0, 0.05) is 11.3 Å². The molecule has 136 valence electrons. The Balaban J connectivity index is 1.53. The van der Waals surface area contributed by atoms with Crippen LogP contribution in [0.15, 0.2) is 33.1 Å². The molecule has 1 N–H and O–H groups in total. The summed E-state index contributed by atoms with van der Waals surface area (Å²) in [5.74, 6) is 1.31. The molecule has 0 radical (unpaired) electrons. The maximum Gasteiger partial charge on any atom is 0.322 e. The van der Waals surface area contributed by atoms with Crippen molar-refractivity contribution in [2.24, 2.45) is 5.92 Å². The fourth-order valence-corrected chi connectivity index (χ4v) is 3.36. The molecule has 1 amide bonds. The van der Waals surface area contributed by atoms with Crippen molar-refractivity contribution in [2.75, 3.05) is 11.9 Å². The van der Waals surface area contributed by atoms with E-state index in [1.165, 1.54) is 6.42 Å². The van der Waals surface area contributed by atoms with Crippen LogP contribution < -0.4 is 10.1 Å². The molecule has 0 saturated heterocycles. The van der Waals surface area contributed by atoms with Crippen molar-refractivity contribution in [3.05, 3.63) is 24.3 Å². The zero-order valence-electron chi connectivity index (χ0n) is 14.7. The summed E-state index contributed by atoms with van der Waals surface area (Å²) in [5.41, 5.74) is 0.635. The van der Waals surface area contributed by atoms with Gasteiger partial charge in [0.15, 0.2) is 17.1 Å². The SMILES string of the molecule is CCOc1cccc2cc(-c3nnc(NC(=O)C4CCCCC4)o3)oc12. The summed E-state index contributed by atoms with van der Waals surface area (Å²) in [6.45, 7) is 2.47. The first-order chi connectivity index (χ1) is 12.7. The molecule has 1 saturated carbocycles. The lowest BCUT2D eigenvalue weighted by Crippen LogP contribution is -2.24. The van der Waals surface area contributed by atoms with Crippen LogP contribution >= 0.6 is 0 Å². The molecule has 2 aromatic heterocycles. The second-order valence-corrected chi connectivity index (χ2v) is 6.45. The highest BCUT2D eigenvalue weighted by molar-refractivity contribution is 5.90. The number of carbonyl (C=O) groups is 1. The van der Waals surface area contributed by atoms with Gasteiger partial charge in [0.1, 0.15) is 0 Å². The first kappa shape index (κ1) is 16.6. The topological polar surface area (TPSA) is 90.4 Å². The third-order valence-electron chi connectivity index (χ3n) is 4.65. The van der Waals surface area contributed by atoms with Crippen molar-refractivity contribution < 1.29 is 18.4 Å². The largest absolute Gasteiger partial charge is 0.490 e. The highest BCUT2D eigenvalue weighted by Crippen LogP contribution is 2.33. The smallest absolute Gasteiger partial charge is 0.322 e. The molecule has 1 aliphatic carbocycles. The average molecular weight is 355 g/mol. The lowest BCUT2D eigenvalue weighted by molar-refractivity contribution is -0.120. The lowest BCUT2D eigenvalue weighted by atomic mass is 9.89. The van der Waals surface area contributed by atoms with Gasteiger partial charge in [0.2, 0.25) is 5.91 Å². The second-order valence-electron chi connectivity index (χ2n) is 6.45. The number of para-hydroxylation sites is 1. The Kier molecular flexibility index (Phi) is 4.60. The number of fused-ring (bicyclic) bond motifs is 1. The quantitative estimate of drug-likeness (QED) is 0.729. The van der Waals surface area contributed by atoms with Crippen LogP contribution in [0.4, 0.5) is 6.01 Å². The Labute approximate surface area is 150 Å². The van der Waals surface area contributed by atoms with E-state index >= 15 is 0 Å². The molecule has 26 heavy (non-hydrogen) atoms. The first-order valence-corrected chi connectivity index (χ1v) is 9.04.